The van der Waals surface area contributed by atoms with Crippen LogP contribution in [0.5, 0.6) is 0 Å². The van der Waals surface area contributed by atoms with Crippen LogP contribution in [-0.4, -0.2) is 17.0 Å². The number of ketones is 1. The van der Waals surface area contributed by atoms with Gasteiger partial charge in [0.1, 0.15) is 5.78 Å². The fourth-order valence-corrected chi connectivity index (χ4v) is 6.48. The minimum absolute atomic E-state index is 0.00702. The number of fused-ring (bicyclic) bond motifs is 5. The molecular formula is C19H28O2. The van der Waals surface area contributed by atoms with Gasteiger partial charge in [0.25, 0.3) is 0 Å². The molecule has 0 aromatic rings. The first-order chi connectivity index (χ1) is 9.95. The highest BCUT2D eigenvalue weighted by atomic mass is 16.3. The largest absolute Gasteiger partial charge is 0.389 e. The van der Waals surface area contributed by atoms with E-state index in [9.17, 15) is 9.90 Å². The van der Waals surface area contributed by atoms with E-state index in [2.05, 4.69) is 19.9 Å². The number of aliphatic hydroxyl groups is 1. The second kappa shape index (κ2) is 4.44. The lowest BCUT2D eigenvalue weighted by atomic mass is 9.47. The van der Waals surface area contributed by atoms with Crippen LogP contribution in [0.25, 0.3) is 0 Å². The van der Waals surface area contributed by atoms with Crippen molar-refractivity contribution < 1.29 is 9.90 Å². The van der Waals surface area contributed by atoms with Gasteiger partial charge in [-0.25, -0.2) is 0 Å². The van der Waals surface area contributed by atoms with Crippen molar-refractivity contribution in [2.45, 2.75) is 71.3 Å². The van der Waals surface area contributed by atoms with Gasteiger partial charge < -0.3 is 5.11 Å². The molecule has 0 saturated heterocycles. The number of allylic oxidation sites excluding steroid dienone is 1. The Bertz CT molecular complexity index is 508. The SMILES string of the molecule is C[C@]12CC[C@H](O)C=C1CC[C@@H]1[C@@H]2CC[C@]2(C)C(=O)CC[C@@H]12. The van der Waals surface area contributed by atoms with Gasteiger partial charge in [-0.05, 0) is 68.1 Å². The molecule has 0 aromatic carbocycles. The molecule has 3 fully saturated rings. The molecule has 4 aliphatic rings. The molecule has 2 heteroatoms. The summed E-state index contributed by atoms with van der Waals surface area (Å²) in [5.41, 5.74) is 1.82. The zero-order chi connectivity index (χ0) is 14.8. The Kier molecular flexibility index (Phi) is 2.96. The van der Waals surface area contributed by atoms with Crippen LogP contribution in [0.1, 0.15) is 65.2 Å². The summed E-state index contributed by atoms with van der Waals surface area (Å²) in [7, 11) is 0. The second-order valence-electron chi connectivity index (χ2n) is 8.55. The highest BCUT2D eigenvalue weighted by molar-refractivity contribution is 5.87. The number of carbonyl (C=O) groups is 1. The van der Waals surface area contributed by atoms with E-state index in [1.54, 1.807) is 0 Å². The third kappa shape index (κ3) is 1.78. The van der Waals surface area contributed by atoms with E-state index in [4.69, 9.17) is 0 Å². The number of carbonyl (C=O) groups excluding carboxylic acids is 1. The molecule has 0 spiro atoms. The molecule has 3 saturated carbocycles. The van der Waals surface area contributed by atoms with E-state index in [1.807, 2.05) is 0 Å². The molecule has 1 N–H and O–H groups in total. The van der Waals surface area contributed by atoms with Crippen molar-refractivity contribution in [3.8, 4) is 0 Å². The minimum atomic E-state index is -0.216. The van der Waals surface area contributed by atoms with Gasteiger partial charge in [0.05, 0.1) is 6.10 Å². The van der Waals surface area contributed by atoms with Crippen molar-refractivity contribution in [2.75, 3.05) is 0 Å². The molecule has 0 radical (unpaired) electrons. The summed E-state index contributed by atoms with van der Waals surface area (Å²) in [6, 6.07) is 0. The Morgan fingerprint density at radius 3 is 2.52 bits per heavy atom. The summed E-state index contributed by atoms with van der Waals surface area (Å²) in [5.74, 6) is 2.66. The van der Waals surface area contributed by atoms with Crippen molar-refractivity contribution in [2.24, 2.45) is 28.6 Å². The van der Waals surface area contributed by atoms with Crippen LogP contribution < -0.4 is 0 Å². The lowest BCUT2D eigenvalue weighted by Gasteiger charge is -2.57. The number of rotatable bonds is 0. The van der Waals surface area contributed by atoms with Gasteiger partial charge in [0, 0.05) is 11.8 Å². The highest BCUT2D eigenvalue weighted by Crippen LogP contribution is 2.64. The molecule has 6 atom stereocenters. The fraction of sp³-hybridized carbons (Fsp3) is 0.842. The van der Waals surface area contributed by atoms with E-state index < -0.39 is 0 Å². The van der Waals surface area contributed by atoms with Crippen molar-refractivity contribution in [1.29, 1.82) is 0 Å². The molecule has 2 nitrogen and oxygen atoms in total. The number of hydrogen-bond acceptors (Lipinski definition) is 2. The quantitative estimate of drug-likeness (QED) is 0.687. The van der Waals surface area contributed by atoms with Crippen LogP contribution in [0.3, 0.4) is 0 Å². The summed E-state index contributed by atoms with van der Waals surface area (Å²) in [6.07, 6.45) is 10.7. The Labute approximate surface area is 128 Å². The van der Waals surface area contributed by atoms with Crippen molar-refractivity contribution in [3.05, 3.63) is 11.6 Å². The molecule has 21 heavy (non-hydrogen) atoms. The molecule has 0 amide bonds. The summed E-state index contributed by atoms with van der Waals surface area (Å²) >= 11 is 0. The Morgan fingerprint density at radius 1 is 1.00 bits per heavy atom. The van der Waals surface area contributed by atoms with Crippen molar-refractivity contribution in [1.82, 2.24) is 0 Å². The van der Waals surface area contributed by atoms with Crippen molar-refractivity contribution in [3.63, 3.8) is 0 Å². The molecule has 0 heterocycles. The third-order valence-electron chi connectivity index (χ3n) is 7.80. The number of Topliss-reactive ketones (excluding diaryl/α,β-unsaturated/α-hetero) is 1. The summed E-state index contributed by atoms with van der Waals surface area (Å²) in [4.78, 5) is 12.4. The average Bonchev–Trinajstić information content (AvgIpc) is 2.76. The summed E-state index contributed by atoms with van der Waals surface area (Å²) < 4.78 is 0. The van der Waals surface area contributed by atoms with Crippen molar-refractivity contribution >= 4 is 5.78 Å². The molecule has 116 valence electrons. The lowest BCUT2D eigenvalue weighted by molar-refractivity contribution is -0.132. The molecule has 4 rings (SSSR count). The van der Waals surface area contributed by atoms with Crippen LogP contribution in [0.4, 0.5) is 0 Å². The van der Waals surface area contributed by atoms with Crippen LogP contribution in [0.2, 0.25) is 0 Å². The predicted octanol–water partition coefficient (Wildman–Crippen LogP) is 3.88. The zero-order valence-corrected chi connectivity index (χ0v) is 13.4. The van der Waals surface area contributed by atoms with Gasteiger partial charge in [-0.15, -0.1) is 0 Å². The topological polar surface area (TPSA) is 37.3 Å². The molecular weight excluding hydrogens is 260 g/mol. The van der Waals surface area contributed by atoms with Gasteiger partial charge in [-0.2, -0.15) is 0 Å². The minimum Gasteiger partial charge on any atom is -0.389 e. The Morgan fingerprint density at radius 2 is 1.71 bits per heavy atom. The second-order valence-corrected chi connectivity index (χ2v) is 8.55. The lowest BCUT2D eigenvalue weighted by Crippen LogP contribution is -2.50. The van der Waals surface area contributed by atoms with Crippen LogP contribution >= 0.6 is 0 Å². The first kappa shape index (κ1) is 14.0. The zero-order valence-electron chi connectivity index (χ0n) is 13.4. The summed E-state index contributed by atoms with van der Waals surface area (Å²) in [5, 5.41) is 9.96. The molecule has 0 unspecified atom stereocenters. The first-order valence-electron chi connectivity index (χ1n) is 8.88. The molecule has 0 aliphatic heterocycles. The van der Waals surface area contributed by atoms with E-state index in [1.165, 1.54) is 18.4 Å². The van der Waals surface area contributed by atoms with Gasteiger partial charge in [-0.3, -0.25) is 4.79 Å². The van der Waals surface area contributed by atoms with E-state index in [0.29, 0.717) is 17.1 Å². The highest BCUT2D eigenvalue weighted by Gasteiger charge is 2.58. The predicted molar refractivity (Wildman–Crippen MR) is 82.7 cm³/mol. The first-order valence-corrected chi connectivity index (χ1v) is 8.88. The van der Waals surface area contributed by atoms with Crippen LogP contribution in [-0.2, 0) is 4.79 Å². The van der Waals surface area contributed by atoms with Gasteiger partial charge in [0.15, 0.2) is 0 Å². The maximum atomic E-state index is 12.4. The standard InChI is InChI=1S/C19H28O2/c1-18-9-7-13(20)11-12(18)3-4-14-15-5-6-17(21)19(15,2)10-8-16(14)18/h11,13-16,20H,3-10H2,1-2H3/t13-,14-,15-,16-,18-,19-/m0/s1. The maximum absolute atomic E-state index is 12.4. The maximum Gasteiger partial charge on any atom is 0.139 e. The third-order valence-corrected chi connectivity index (χ3v) is 7.80. The average molecular weight is 288 g/mol. The number of hydrogen-bond donors (Lipinski definition) is 1. The summed E-state index contributed by atoms with van der Waals surface area (Å²) in [6.45, 7) is 4.70. The van der Waals surface area contributed by atoms with E-state index in [-0.39, 0.29) is 11.5 Å². The van der Waals surface area contributed by atoms with Crippen LogP contribution in [0.15, 0.2) is 11.6 Å². The smallest absolute Gasteiger partial charge is 0.139 e. The van der Waals surface area contributed by atoms with Gasteiger partial charge >= 0.3 is 0 Å². The van der Waals surface area contributed by atoms with Gasteiger partial charge in [0.2, 0.25) is 0 Å². The monoisotopic (exact) mass is 288 g/mol. The Hall–Kier alpha value is -0.630. The molecule has 0 bridgehead atoms. The normalized spacial score (nSPS) is 52.7. The molecule has 4 aliphatic carbocycles. The van der Waals surface area contributed by atoms with E-state index in [0.717, 1.165) is 50.4 Å². The fourth-order valence-electron chi connectivity index (χ4n) is 6.48. The van der Waals surface area contributed by atoms with Crippen LogP contribution in [0, 0.1) is 28.6 Å². The van der Waals surface area contributed by atoms with E-state index >= 15 is 0 Å². The van der Waals surface area contributed by atoms with Gasteiger partial charge in [-0.1, -0.05) is 25.5 Å². The molecule has 0 aromatic heterocycles. The number of aliphatic hydroxyl groups excluding tert-OH is 1. The Balaban J connectivity index is 1.69.